The van der Waals surface area contributed by atoms with Gasteiger partial charge in [-0.15, -0.1) is 0 Å². The Hall–Kier alpha value is -1.14. The molecule has 1 aromatic heterocycles. The highest BCUT2D eigenvalue weighted by Gasteiger charge is 2.38. The predicted molar refractivity (Wildman–Crippen MR) is 49.9 cm³/mol. The van der Waals surface area contributed by atoms with Crippen molar-refractivity contribution in [2.75, 3.05) is 32.2 Å². The van der Waals surface area contributed by atoms with Gasteiger partial charge in [0, 0.05) is 20.7 Å². The molecule has 1 unspecified atom stereocenters. The number of nitrogens with two attached hydrogens (primary N) is 1. The molecule has 1 saturated heterocycles. The van der Waals surface area contributed by atoms with E-state index in [9.17, 15) is 0 Å². The van der Waals surface area contributed by atoms with E-state index in [1.165, 1.54) is 0 Å². The first-order chi connectivity index (χ1) is 6.62. The van der Waals surface area contributed by atoms with Gasteiger partial charge >= 0.3 is 0 Å². The molecule has 1 fully saturated rings. The monoisotopic (exact) mass is 198 g/mol. The first kappa shape index (κ1) is 9.42. The molecule has 2 N–H and O–H groups in total. The topological polar surface area (TPSA) is 77.4 Å². The third kappa shape index (κ3) is 1.46. The van der Waals surface area contributed by atoms with Crippen molar-refractivity contribution >= 4 is 5.95 Å². The Kier molecular flexibility index (Phi) is 2.16. The Morgan fingerprint density at radius 1 is 1.50 bits per heavy atom. The molecule has 6 heteroatoms. The van der Waals surface area contributed by atoms with Gasteiger partial charge in [0.25, 0.3) is 11.8 Å². The first-order valence-corrected chi connectivity index (χ1v) is 4.50. The van der Waals surface area contributed by atoms with Gasteiger partial charge in [0.15, 0.2) is 0 Å². The zero-order chi connectivity index (χ0) is 10.2. The van der Waals surface area contributed by atoms with Crippen molar-refractivity contribution in [3.8, 4) is 0 Å². The summed E-state index contributed by atoms with van der Waals surface area (Å²) in [5, 5.41) is 3.81. The van der Waals surface area contributed by atoms with Crippen LogP contribution in [0.15, 0.2) is 4.52 Å². The van der Waals surface area contributed by atoms with Gasteiger partial charge in [-0.2, -0.15) is 4.98 Å². The van der Waals surface area contributed by atoms with Crippen LogP contribution in [0.2, 0.25) is 0 Å². The number of rotatable bonds is 2. The number of ether oxygens (including phenoxy) is 1. The molecule has 1 aliphatic heterocycles. The van der Waals surface area contributed by atoms with Gasteiger partial charge in [0.1, 0.15) is 5.54 Å². The fourth-order valence-electron chi connectivity index (χ4n) is 1.35. The molecule has 2 rings (SSSR count). The highest BCUT2D eigenvalue weighted by atomic mass is 16.5. The van der Waals surface area contributed by atoms with Crippen LogP contribution >= 0.6 is 0 Å². The van der Waals surface area contributed by atoms with Crippen LogP contribution in [0.1, 0.15) is 12.3 Å². The molecule has 0 saturated carbocycles. The van der Waals surface area contributed by atoms with E-state index in [4.69, 9.17) is 15.0 Å². The van der Waals surface area contributed by atoms with Crippen molar-refractivity contribution in [1.29, 1.82) is 0 Å². The summed E-state index contributed by atoms with van der Waals surface area (Å²) in [6.07, 6.45) is 0.724. The van der Waals surface area contributed by atoms with Crippen molar-refractivity contribution in [1.82, 2.24) is 10.1 Å². The standard InChI is InChI=1S/C8H14N4O2/c1-12(2)7-10-6(14-11-7)8(9)3-4-13-5-8/h3-5,9H2,1-2H3. The average molecular weight is 198 g/mol. The van der Waals surface area contributed by atoms with Crippen molar-refractivity contribution in [2.24, 2.45) is 5.73 Å². The molecule has 0 bridgehead atoms. The Labute approximate surface area is 82.0 Å². The van der Waals surface area contributed by atoms with Crippen molar-refractivity contribution in [3.05, 3.63) is 5.89 Å². The molecule has 0 radical (unpaired) electrons. The summed E-state index contributed by atoms with van der Waals surface area (Å²) in [6.45, 7) is 1.10. The molecule has 0 amide bonds. The molecule has 78 valence electrons. The minimum absolute atomic E-state index is 0.446. The van der Waals surface area contributed by atoms with Crippen LogP contribution in [0.5, 0.6) is 0 Å². The highest BCUT2D eigenvalue weighted by molar-refractivity contribution is 5.25. The molecule has 0 spiro atoms. The molecule has 0 aromatic carbocycles. The molecule has 1 atom stereocenters. The molecule has 14 heavy (non-hydrogen) atoms. The van der Waals surface area contributed by atoms with E-state index < -0.39 is 5.54 Å². The van der Waals surface area contributed by atoms with Gasteiger partial charge in [-0.1, -0.05) is 0 Å². The van der Waals surface area contributed by atoms with E-state index in [1.807, 2.05) is 14.1 Å². The van der Waals surface area contributed by atoms with Crippen molar-refractivity contribution < 1.29 is 9.26 Å². The SMILES string of the molecule is CN(C)c1noc(C2(N)CCOC2)n1. The Bertz CT molecular complexity index is 317. The second kappa shape index (κ2) is 3.21. The highest BCUT2D eigenvalue weighted by Crippen LogP contribution is 2.27. The van der Waals surface area contributed by atoms with Gasteiger partial charge in [0.2, 0.25) is 0 Å². The van der Waals surface area contributed by atoms with Gasteiger partial charge in [-0.05, 0) is 11.6 Å². The number of aromatic nitrogens is 2. The van der Waals surface area contributed by atoms with E-state index >= 15 is 0 Å². The van der Waals surface area contributed by atoms with E-state index in [-0.39, 0.29) is 0 Å². The fourth-order valence-corrected chi connectivity index (χ4v) is 1.35. The minimum atomic E-state index is -0.596. The van der Waals surface area contributed by atoms with E-state index in [0.29, 0.717) is 25.1 Å². The predicted octanol–water partition coefficient (Wildman–Crippen LogP) is -0.290. The lowest BCUT2D eigenvalue weighted by molar-refractivity contribution is 0.166. The van der Waals surface area contributed by atoms with Crippen LogP contribution < -0.4 is 10.6 Å². The third-order valence-electron chi connectivity index (χ3n) is 2.29. The van der Waals surface area contributed by atoms with Crippen LogP contribution in [0.3, 0.4) is 0 Å². The maximum Gasteiger partial charge on any atom is 0.265 e. The lowest BCUT2D eigenvalue weighted by Crippen LogP contribution is -2.37. The number of hydrogen-bond acceptors (Lipinski definition) is 6. The Morgan fingerprint density at radius 3 is 2.79 bits per heavy atom. The third-order valence-corrected chi connectivity index (χ3v) is 2.29. The summed E-state index contributed by atoms with van der Waals surface area (Å²) < 4.78 is 10.3. The second-order valence-electron chi connectivity index (χ2n) is 3.75. The minimum Gasteiger partial charge on any atom is -0.379 e. The average Bonchev–Trinajstić information content (AvgIpc) is 2.71. The van der Waals surface area contributed by atoms with Crippen LogP contribution in [0.4, 0.5) is 5.95 Å². The largest absolute Gasteiger partial charge is 0.379 e. The van der Waals surface area contributed by atoms with Crippen LogP contribution in [-0.2, 0) is 10.3 Å². The summed E-state index contributed by atoms with van der Waals surface area (Å²) in [5.41, 5.74) is 5.46. The lowest BCUT2D eigenvalue weighted by Gasteiger charge is -2.15. The van der Waals surface area contributed by atoms with Crippen LogP contribution in [0.25, 0.3) is 0 Å². The normalized spacial score (nSPS) is 26.8. The van der Waals surface area contributed by atoms with Crippen LogP contribution in [-0.4, -0.2) is 37.4 Å². The quantitative estimate of drug-likeness (QED) is 0.703. The zero-order valence-corrected chi connectivity index (χ0v) is 8.36. The number of hydrogen-bond donors (Lipinski definition) is 1. The molecule has 0 aliphatic carbocycles. The first-order valence-electron chi connectivity index (χ1n) is 4.50. The number of nitrogens with zero attached hydrogens (tertiary/aromatic N) is 3. The Morgan fingerprint density at radius 2 is 2.29 bits per heavy atom. The van der Waals surface area contributed by atoms with E-state index in [1.54, 1.807) is 4.90 Å². The van der Waals surface area contributed by atoms with E-state index in [2.05, 4.69) is 10.1 Å². The van der Waals surface area contributed by atoms with Gasteiger partial charge < -0.3 is 19.9 Å². The summed E-state index contributed by atoms with van der Waals surface area (Å²) in [5.74, 6) is 0.996. The summed E-state index contributed by atoms with van der Waals surface area (Å²) in [6, 6.07) is 0. The molecule has 2 heterocycles. The maximum atomic E-state index is 6.05. The fraction of sp³-hybridized carbons (Fsp3) is 0.750. The summed E-state index contributed by atoms with van der Waals surface area (Å²) in [7, 11) is 3.70. The summed E-state index contributed by atoms with van der Waals surface area (Å²) >= 11 is 0. The lowest BCUT2D eigenvalue weighted by atomic mass is 10.0. The molecule has 1 aromatic rings. The summed E-state index contributed by atoms with van der Waals surface area (Å²) in [4.78, 5) is 5.98. The van der Waals surface area contributed by atoms with Crippen LogP contribution in [0, 0.1) is 0 Å². The van der Waals surface area contributed by atoms with Gasteiger partial charge in [0.05, 0.1) is 6.61 Å². The zero-order valence-electron chi connectivity index (χ0n) is 8.36. The van der Waals surface area contributed by atoms with Gasteiger partial charge in [-0.3, -0.25) is 0 Å². The van der Waals surface area contributed by atoms with Gasteiger partial charge in [-0.25, -0.2) is 0 Å². The molecule has 6 nitrogen and oxygen atoms in total. The van der Waals surface area contributed by atoms with Crippen molar-refractivity contribution in [2.45, 2.75) is 12.0 Å². The maximum absolute atomic E-state index is 6.05. The molecular weight excluding hydrogens is 184 g/mol. The van der Waals surface area contributed by atoms with Crippen molar-refractivity contribution in [3.63, 3.8) is 0 Å². The Balaban J connectivity index is 2.23. The molecule has 1 aliphatic rings. The smallest absolute Gasteiger partial charge is 0.265 e. The molecular formula is C8H14N4O2. The van der Waals surface area contributed by atoms with E-state index in [0.717, 1.165) is 6.42 Å². The second-order valence-corrected chi connectivity index (χ2v) is 3.75. The number of anilines is 1.